The SMILES string of the molecule is CCC1CCCC(Oc2cc(C)nc(N)n2)C1. The summed E-state index contributed by atoms with van der Waals surface area (Å²) < 4.78 is 5.92. The third kappa shape index (κ3) is 3.32. The lowest BCUT2D eigenvalue weighted by atomic mass is 9.85. The molecule has 0 bridgehead atoms. The van der Waals surface area contributed by atoms with Crippen molar-refractivity contribution in [2.75, 3.05) is 5.73 Å². The number of hydrogen-bond donors (Lipinski definition) is 1. The van der Waals surface area contributed by atoms with Gasteiger partial charge in [0.25, 0.3) is 0 Å². The quantitative estimate of drug-likeness (QED) is 0.875. The Morgan fingerprint density at radius 2 is 2.24 bits per heavy atom. The molecule has 2 unspecified atom stereocenters. The van der Waals surface area contributed by atoms with E-state index in [-0.39, 0.29) is 0 Å². The lowest BCUT2D eigenvalue weighted by Crippen LogP contribution is -2.25. The minimum Gasteiger partial charge on any atom is -0.474 e. The third-order valence-corrected chi connectivity index (χ3v) is 3.45. The largest absolute Gasteiger partial charge is 0.474 e. The Bertz CT molecular complexity index is 361. The average Bonchev–Trinajstić information content (AvgIpc) is 2.28. The minimum atomic E-state index is 0.294. The second kappa shape index (κ2) is 5.34. The number of aromatic nitrogens is 2. The zero-order valence-corrected chi connectivity index (χ0v) is 10.6. The van der Waals surface area contributed by atoms with Gasteiger partial charge in [0.05, 0.1) is 0 Å². The molecule has 4 heteroatoms. The summed E-state index contributed by atoms with van der Waals surface area (Å²) in [4.78, 5) is 8.17. The molecule has 0 radical (unpaired) electrons. The first-order valence-corrected chi connectivity index (χ1v) is 6.45. The summed E-state index contributed by atoms with van der Waals surface area (Å²) >= 11 is 0. The maximum atomic E-state index is 5.92. The second-order valence-corrected chi connectivity index (χ2v) is 4.89. The number of nitrogen functional groups attached to an aromatic ring is 1. The van der Waals surface area contributed by atoms with Gasteiger partial charge in [-0.1, -0.05) is 19.8 Å². The van der Waals surface area contributed by atoms with E-state index in [1.54, 1.807) is 0 Å². The highest BCUT2D eigenvalue weighted by molar-refractivity contribution is 5.25. The summed E-state index contributed by atoms with van der Waals surface area (Å²) in [6, 6.07) is 1.85. The number of nitrogens with zero attached hydrogens (tertiary/aromatic N) is 2. The molecule has 0 aliphatic heterocycles. The summed E-state index contributed by atoms with van der Waals surface area (Å²) in [5.41, 5.74) is 6.47. The lowest BCUT2D eigenvalue weighted by molar-refractivity contribution is 0.117. The zero-order valence-electron chi connectivity index (χ0n) is 10.6. The second-order valence-electron chi connectivity index (χ2n) is 4.89. The Morgan fingerprint density at radius 1 is 1.41 bits per heavy atom. The molecule has 0 aromatic carbocycles. The van der Waals surface area contributed by atoms with E-state index in [1.807, 2.05) is 13.0 Å². The highest BCUT2D eigenvalue weighted by Crippen LogP contribution is 2.29. The lowest BCUT2D eigenvalue weighted by Gasteiger charge is -2.28. The molecule has 0 saturated heterocycles. The van der Waals surface area contributed by atoms with Crippen molar-refractivity contribution in [3.8, 4) is 5.88 Å². The fraction of sp³-hybridized carbons (Fsp3) is 0.692. The number of ether oxygens (including phenoxy) is 1. The highest BCUT2D eigenvalue weighted by atomic mass is 16.5. The van der Waals surface area contributed by atoms with Gasteiger partial charge in [-0.15, -0.1) is 0 Å². The molecule has 1 saturated carbocycles. The van der Waals surface area contributed by atoms with Crippen LogP contribution >= 0.6 is 0 Å². The van der Waals surface area contributed by atoms with Crippen molar-refractivity contribution in [3.63, 3.8) is 0 Å². The monoisotopic (exact) mass is 235 g/mol. The molecule has 1 aliphatic rings. The molecule has 1 aromatic rings. The molecule has 4 nitrogen and oxygen atoms in total. The van der Waals surface area contributed by atoms with Gasteiger partial charge < -0.3 is 10.5 Å². The standard InChI is InChI=1S/C13H21N3O/c1-3-10-5-4-6-11(8-10)17-12-7-9(2)15-13(14)16-12/h7,10-11H,3-6,8H2,1-2H3,(H2,14,15,16). The number of rotatable bonds is 3. The normalized spacial score (nSPS) is 24.6. The molecule has 0 spiro atoms. The molecule has 0 amide bonds. The summed E-state index contributed by atoms with van der Waals surface area (Å²) in [5.74, 6) is 1.72. The van der Waals surface area contributed by atoms with Gasteiger partial charge >= 0.3 is 0 Å². The predicted octanol–water partition coefficient (Wildman–Crippen LogP) is 2.71. The summed E-state index contributed by atoms with van der Waals surface area (Å²) in [6.45, 7) is 4.15. The number of aryl methyl sites for hydroxylation is 1. The van der Waals surface area contributed by atoms with Crippen LogP contribution in [0, 0.1) is 12.8 Å². The van der Waals surface area contributed by atoms with E-state index < -0.39 is 0 Å². The Balaban J connectivity index is 2.00. The first kappa shape index (κ1) is 12.1. The van der Waals surface area contributed by atoms with Crippen LogP contribution in [0.15, 0.2) is 6.07 Å². The smallest absolute Gasteiger partial charge is 0.223 e. The van der Waals surface area contributed by atoms with Crippen LogP contribution in [0.3, 0.4) is 0 Å². The highest BCUT2D eigenvalue weighted by Gasteiger charge is 2.22. The van der Waals surface area contributed by atoms with Crippen LogP contribution in [-0.2, 0) is 0 Å². The Kier molecular flexibility index (Phi) is 3.82. The fourth-order valence-corrected chi connectivity index (χ4v) is 2.51. The van der Waals surface area contributed by atoms with Crippen molar-refractivity contribution in [3.05, 3.63) is 11.8 Å². The molecular formula is C13H21N3O. The van der Waals surface area contributed by atoms with Gasteiger partial charge in [-0.25, -0.2) is 4.98 Å². The number of hydrogen-bond acceptors (Lipinski definition) is 4. The van der Waals surface area contributed by atoms with Gasteiger partial charge in [0.2, 0.25) is 11.8 Å². The van der Waals surface area contributed by atoms with Crippen molar-refractivity contribution in [2.24, 2.45) is 5.92 Å². The van der Waals surface area contributed by atoms with E-state index in [2.05, 4.69) is 16.9 Å². The van der Waals surface area contributed by atoms with E-state index in [0.717, 1.165) is 24.5 Å². The Morgan fingerprint density at radius 3 is 2.94 bits per heavy atom. The van der Waals surface area contributed by atoms with E-state index in [4.69, 9.17) is 10.5 Å². The molecule has 2 rings (SSSR count). The summed E-state index contributed by atoms with van der Waals surface area (Å²) in [5, 5.41) is 0. The van der Waals surface area contributed by atoms with Crippen molar-refractivity contribution in [2.45, 2.75) is 52.1 Å². The van der Waals surface area contributed by atoms with Crippen LogP contribution in [0.2, 0.25) is 0 Å². The van der Waals surface area contributed by atoms with Gasteiger partial charge in [-0.05, 0) is 32.1 Å². The van der Waals surface area contributed by atoms with Crippen LogP contribution in [-0.4, -0.2) is 16.1 Å². The van der Waals surface area contributed by atoms with Gasteiger partial charge in [0.1, 0.15) is 6.10 Å². The van der Waals surface area contributed by atoms with E-state index in [1.165, 1.54) is 19.3 Å². The molecule has 94 valence electrons. The predicted molar refractivity (Wildman–Crippen MR) is 67.8 cm³/mol. The minimum absolute atomic E-state index is 0.294. The van der Waals surface area contributed by atoms with Gasteiger partial charge in [-0.2, -0.15) is 4.98 Å². The first-order valence-electron chi connectivity index (χ1n) is 6.45. The van der Waals surface area contributed by atoms with Gasteiger partial charge in [0.15, 0.2) is 0 Å². The Hall–Kier alpha value is -1.32. The Labute approximate surface area is 103 Å². The molecule has 17 heavy (non-hydrogen) atoms. The summed E-state index contributed by atoms with van der Waals surface area (Å²) in [6.07, 6.45) is 6.38. The van der Waals surface area contributed by atoms with Crippen molar-refractivity contribution < 1.29 is 4.74 Å². The van der Waals surface area contributed by atoms with E-state index >= 15 is 0 Å². The molecule has 1 fully saturated rings. The van der Waals surface area contributed by atoms with E-state index in [0.29, 0.717) is 17.9 Å². The van der Waals surface area contributed by atoms with Crippen molar-refractivity contribution in [1.82, 2.24) is 9.97 Å². The van der Waals surface area contributed by atoms with Crippen LogP contribution in [0.1, 0.15) is 44.7 Å². The molecule has 2 N–H and O–H groups in total. The number of nitrogens with two attached hydrogens (primary N) is 1. The van der Waals surface area contributed by atoms with Crippen molar-refractivity contribution in [1.29, 1.82) is 0 Å². The maximum Gasteiger partial charge on any atom is 0.223 e. The van der Waals surface area contributed by atoms with Gasteiger partial charge in [0, 0.05) is 11.8 Å². The van der Waals surface area contributed by atoms with Crippen LogP contribution in [0.25, 0.3) is 0 Å². The van der Waals surface area contributed by atoms with Gasteiger partial charge in [-0.3, -0.25) is 0 Å². The third-order valence-electron chi connectivity index (χ3n) is 3.45. The zero-order chi connectivity index (χ0) is 12.3. The molecule has 1 heterocycles. The fourth-order valence-electron chi connectivity index (χ4n) is 2.51. The van der Waals surface area contributed by atoms with Crippen LogP contribution < -0.4 is 10.5 Å². The molecular weight excluding hydrogens is 214 g/mol. The first-order chi connectivity index (χ1) is 8.17. The average molecular weight is 235 g/mol. The summed E-state index contributed by atoms with van der Waals surface area (Å²) in [7, 11) is 0. The topological polar surface area (TPSA) is 61.0 Å². The van der Waals surface area contributed by atoms with Crippen LogP contribution in [0.4, 0.5) is 5.95 Å². The molecule has 2 atom stereocenters. The van der Waals surface area contributed by atoms with E-state index in [9.17, 15) is 0 Å². The molecule has 1 aromatic heterocycles. The maximum absolute atomic E-state index is 5.92. The molecule has 1 aliphatic carbocycles. The van der Waals surface area contributed by atoms with Crippen LogP contribution in [0.5, 0.6) is 5.88 Å². The van der Waals surface area contributed by atoms with Crippen molar-refractivity contribution >= 4 is 5.95 Å². The number of anilines is 1.